The Bertz CT molecular complexity index is 662. The standard InChI is InChI=1S/C16H16F2N2O2/c1-2-22-15-9-12(17)7-8-14(15)20-16(21)19-10-11-5-3-4-6-13(11)18/h3-9H,2,10H2,1H3,(H2,19,20,21). The molecule has 0 spiro atoms. The van der Waals surface area contributed by atoms with Gasteiger partial charge in [-0.25, -0.2) is 13.6 Å². The van der Waals surface area contributed by atoms with Crippen molar-refractivity contribution in [2.24, 2.45) is 0 Å². The van der Waals surface area contributed by atoms with Gasteiger partial charge >= 0.3 is 6.03 Å². The lowest BCUT2D eigenvalue weighted by Crippen LogP contribution is -2.28. The van der Waals surface area contributed by atoms with Gasteiger partial charge in [0.25, 0.3) is 0 Å². The number of hydrogen-bond donors (Lipinski definition) is 2. The van der Waals surface area contributed by atoms with E-state index in [1.54, 1.807) is 25.1 Å². The molecule has 116 valence electrons. The smallest absolute Gasteiger partial charge is 0.319 e. The lowest BCUT2D eigenvalue weighted by atomic mass is 10.2. The topological polar surface area (TPSA) is 50.4 Å². The van der Waals surface area contributed by atoms with E-state index in [0.29, 0.717) is 17.9 Å². The molecule has 2 aromatic rings. The molecule has 2 amide bonds. The van der Waals surface area contributed by atoms with Gasteiger partial charge in [0, 0.05) is 18.2 Å². The van der Waals surface area contributed by atoms with Gasteiger partial charge in [-0.2, -0.15) is 0 Å². The maximum Gasteiger partial charge on any atom is 0.319 e. The molecule has 6 heteroatoms. The van der Waals surface area contributed by atoms with Crippen molar-refractivity contribution in [3.63, 3.8) is 0 Å². The lowest BCUT2D eigenvalue weighted by Gasteiger charge is -2.12. The molecule has 2 rings (SSSR count). The van der Waals surface area contributed by atoms with E-state index in [1.807, 2.05) is 0 Å². The third-order valence-corrected chi connectivity index (χ3v) is 2.89. The van der Waals surface area contributed by atoms with Crippen LogP contribution in [0.3, 0.4) is 0 Å². The number of nitrogens with one attached hydrogen (secondary N) is 2. The highest BCUT2D eigenvalue weighted by molar-refractivity contribution is 5.90. The summed E-state index contributed by atoms with van der Waals surface area (Å²) in [5.41, 5.74) is 0.719. The molecule has 0 saturated heterocycles. The molecule has 0 aromatic heterocycles. The van der Waals surface area contributed by atoms with Crippen molar-refractivity contribution in [3.8, 4) is 5.75 Å². The maximum absolute atomic E-state index is 13.4. The fraction of sp³-hybridized carbons (Fsp3) is 0.188. The minimum absolute atomic E-state index is 0.0453. The maximum atomic E-state index is 13.4. The predicted octanol–water partition coefficient (Wildman–Crippen LogP) is 3.69. The van der Waals surface area contributed by atoms with E-state index in [0.717, 1.165) is 0 Å². The Morgan fingerprint density at radius 3 is 2.68 bits per heavy atom. The van der Waals surface area contributed by atoms with Gasteiger partial charge < -0.3 is 15.4 Å². The second-order valence-corrected chi connectivity index (χ2v) is 4.47. The molecule has 0 aliphatic heterocycles. The second kappa shape index (κ2) is 7.40. The zero-order valence-corrected chi connectivity index (χ0v) is 12.0. The first-order chi connectivity index (χ1) is 10.6. The van der Waals surface area contributed by atoms with Crippen molar-refractivity contribution in [2.45, 2.75) is 13.5 Å². The van der Waals surface area contributed by atoms with Gasteiger partial charge in [0.1, 0.15) is 17.4 Å². The quantitative estimate of drug-likeness (QED) is 0.885. The van der Waals surface area contributed by atoms with Gasteiger partial charge in [-0.1, -0.05) is 18.2 Å². The van der Waals surface area contributed by atoms with Gasteiger partial charge in [0.15, 0.2) is 0 Å². The fourth-order valence-electron chi connectivity index (χ4n) is 1.86. The van der Waals surface area contributed by atoms with Crippen LogP contribution >= 0.6 is 0 Å². The molecule has 0 aliphatic rings. The van der Waals surface area contributed by atoms with Gasteiger partial charge in [0.2, 0.25) is 0 Å². The Morgan fingerprint density at radius 1 is 1.18 bits per heavy atom. The van der Waals surface area contributed by atoms with Crippen LogP contribution in [0.1, 0.15) is 12.5 Å². The van der Waals surface area contributed by atoms with Crippen LogP contribution in [0, 0.1) is 11.6 Å². The highest BCUT2D eigenvalue weighted by Crippen LogP contribution is 2.25. The van der Waals surface area contributed by atoms with Gasteiger partial charge in [0.05, 0.1) is 12.3 Å². The number of ether oxygens (including phenoxy) is 1. The highest BCUT2D eigenvalue weighted by atomic mass is 19.1. The molecule has 2 N–H and O–H groups in total. The molecule has 0 atom stereocenters. The predicted molar refractivity (Wildman–Crippen MR) is 79.8 cm³/mol. The van der Waals surface area contributed by atoms with Crippen LogP contribution in [0.2, 0.25) is 0 Å². The van der Waals surface area contributed by atoms with Crippen LogP contribution in [-0.4, -0.2) is 12.6 Å². The number of rotatable bonds is 5. The van der Waals surface area contributed by atoms with Crippen molar-refractivity contribution < 1.29 is 18.3 Å². The average molecular weight is 306 g/mol. The molecular formula is C16H16F2N2O2. The molecule has 0 radical (unpaired) electrons. The minimum atomic E-state index is -0.532. The van der Waals surface area contributed by atoms with Gasteiger partial charge in [-0.3, -0.25) is 0 Å². The van der Waals surface area contributed by atoms with E-state index in [-0.39, 0.29) is 18.1 Å². The third-order valence-electron chi connectivity index (χ3n) is 2.89. The number of carbonyl (C=O) groups excluding carboxylic acids is 1. The summed E-state index contributed by atoms with van der Waals surface area (Å²) < 4.78 is 31.9. The molecule has 0 aliphatic carbocycles. The SMILES string of the molecule is CCOc1cc(F)ccc1NC(=O)NCc1ccccc1F. The molecule has 4 nitrogen and oxygen atoms in total. The summed E-state index contributed by atoms with van der Waals surface area (Å²) in [6.45, 7) is 2.14. The zero-order chi connectivity index (χ0) is 15.9. The first-order valence-electron chi connectivity index (χ1n) is 6.80. The van der Waals surface area contributed by atoms with E-state index in [1.165, 1.54) is 24.3 Å². The number of amides is 2. The van der Waals surface area contributed by atoms with Crippen molar-refractivity contribution in [1.82, 2.24) is 5.32 Å². The van der Waals surface area contributed by atoms with E-state index in [9.17, 15) is 13.6 Å². The Labute approximate surface area is 127 Å². The van der Waals surface area contributed by atoms with Crippen LogP contribution in [0.5, 0.6) is 5.75 Å². The first kappa shape index (κ1) is 15.8. The van der Waals surface area contributed by atoms with Crippen molar-refractivity contribution in [3.05, 3.63) is 59.7 Å². The Morgan fingerprint density at radius 2 is 1.95 bits per heavy atom. The van der Waals surface area contributed by atoms with E-state index in [2.05, 4.69) is 10.6 Å². The van der Waals surface area contributed by atoms with Crippen LogP contribution in [0.25, 0.3) is 0 Å². The van der Waals surface area contributed by atoms with Gasteiger partial charge in [-0.15, -0.1) is 0 Å². The molecule has 0 heterocycles. The average Bonchev–Trinajstić information content (AvgIpc) is 2.49. The van der Waals surface area contributed by atoms with Crippen LogP contribution in [-0.2, 0) is 6.54 Å². The monoisotopic (exact) mass is 306 g/mol. The number of benzene rings is 2. The van der Waals surface area contributed by atoms with E-state index < -0.39 is 11.8 Å². The summed E-state index contributed by atoms with van der Waals surface area (Å²) in [6, 6.07) is 9.45. The third kappa shape index (κ3) is 4.18. The number of urea groups is 1. The first-order valence-corrected chi connectivity index (χ1v) is 6.80. The Balaban J connectivity index is 1.99. The summed E-state index contributed by atoms with van der Waals surface area (Å²) in [5.74, 6) is -0.608. The van der Waals surface area contributed by atoms with Gasteiger partial charge in [-0.05, 0) is 25.1 Å². The van der Waals surface area contributed by atoms with Crippen molar-refractivity contribution in [2.75, 3.05) is 11.9 Å². The Hall–Kier alpha value is -2.63. The zero-order valence-electron chi connectivity index (χ0n) is 12.0. The molecule has 0 bridgehead atoms. The van der Waals surface area contributed by atoms with Crippen molar-refractivity contribution >= 4 is 11.7 Å². The molecule has 22 heavy (non-hydrogen) atoms. The lowest BCUT2D eigenvalue weighted by molar-refractivity contribution is 0.251. The second-order valence-electron chi connectivity index (χ2n) is 4.47. The largest absolute Gasteiger partial charge is 0.492 e. The number of carbonyl (C=O) groups is 1. The summed E-state index contributed by atoms with van der Waals surface area (Å²) in [7, 11) is 0. The van der Waals surface area contributed by atoms with Crippen molar-refractivity contribution in [1.29, 1.82) is 0 Å². The van der Waals surface area contributed by atoms with E-state index in [4.69, 9.17) is 4.74 Å². The summed E-state index contributed by atoms with van der Waals surface area (Å²) in [4.78, 5) is 11.8. The molecule has 0 unspecified atom stereocenters. The summed E-state index contributed by atoms with van der Waals surface area (Å²) in [5, 5.41) is 5.08. The molecule has 2 aromatic carbocycles. The number of hydrogen-bond acceptors (Lipinski definition) is 2. The van der Waals surface area contributed by atoms with Crippen LogP contribution < -0.4 is 15.4 Å². The Kier molecular flexibility index (Phi) is 5.30. The van der Waals surface area contributed by atoms with Crippen LogP contribution in [0.15, 0.2) is 42.5 Å². The fourth-order valence-corrected chi connectivity index (χ4v) is 1.86. The number of halogens is 2. The molecule has 0 saturated carbocycles. The summed E-state index contributed by atoms with van der Waals surface area (Å²) >= 11 is 0. The minimum Gasteiger partial charge on any atom is -0.492 e. The molecule has 0 fully saturated rings. The normalized spacial score (nSPS) is 10.1. The highest BCUT2D eigenvalue weighted by Gasteiger charge is 2.09. The number of anilines is 1. The summed E-state index contributed by atoms with van der Waals surface area (Å²) in [6.07, 6.45) is 0. The van der Waals surface area contributed by atoms with E-state index >= 15 is 0 Å². The molecular weight excluding hydrogens is 290 g/mol. The van der Waals surface area contributed by atoms with Crippen LogP contribution in [0.4, 0.5) is 19.3 Å².